The van der Waals surface area contributed by atoms with Gasteiger partial charge in [0.2, 0.25) is 0 Å². The summed E-state index contributed by atoms with van der Waals surface area (Å²) in [4.78, 5) is 15.9. The van der Waals surface area contributed by atoms with Crippen molar-refractivity contribution in [2.75, 3.05) is 13.1 Å². The van der Waals surface area contributed by atoms with Crippen LogP contribution < -0.4 is 5.69 Å². The average Bonchev–Trinajstić information content (AvgIpc) is 3.18. The summed E-state index contributed by atoms with van der Waals surface area (Å²) in [5.74, 6) is 0.900. The Balaban J connectivity index is 1.34. The molecule has 1 aliphatic heterocycles. The van der Waals surface area contributed by atoms with Crippen LogP contribution in [0.3, 0.4) is 0 Å². The molecule has 0 unspecified atom stereocenters. The fourth-order valence-corrected chi connectivity index (χ4v) is 6.75. The van der Waals surface area contributed by atoms with Gasteiger partial charge in [-0.1, -0.05) is 6.42 Å². The molecule has 3 aliphatic rings. The minimum absolute atomic E-state index is 0.149. The molecule has 7 rings (SSSR count). The van der Waals surface area contributed by atoms with E-state index < -0.39 is 17.4 Å². The summed E-state index contributed by atoms with van der Waals surface area (Å²) in [5.41, 5.74) is 0.627. The van der Waals surface area contributed by atoms with Crippen molar-refractivity contribution in [1.29, 1.82) is 5.26 Å². The first-order valence-electron chi connectivity index (χ1n) is 14.1. The quantitative estimate of drug-likeness (QED) is 0.330. The van der Waals surface area contributed by atoms with Crippen LogP contribution in [0.1, 0.15) is 72.5 Å². The van der Waals surface area contributed by atoms with Gasteiger partial charge in [0.25, 0.3) is 0 Å². The van der Waals surface area contributed by atoms with Crippen molar-refractivity contribution in [2.45, 2.75) is 57.2 Å². The van der Waals surface area contributed by atoms with Crippen LogP contribution in [0.15, 0.2) is 47.8 Å². The zero-order chi connectivity index (χ0) is 28.5. The van der Waals surface area contributed by atoms with E-state index in [2.05, 4.69) is 21.2 Å². The van der Waals surface area contributed by atoms with Crippen LogP contribution in [-0.2, 0) is 19.8 Å². The van der Waals surface area contributed by atoms with Gasteiger partial charge in [-0.05, 0) is 85.4 Å². The highest BCUT2D eigenvalue weighted by atomic mass is 19.4. The molecular weight excluding hydrogens is 531 g/mol. The van der Waals surface area contributed by atoms with E-state index in [0.717, 1.165) is 54.6 Å². The summed E-state index contributed by atoms with van der Waals surface area (Å²) < 4.78 is 47.1. The van der Waals surface area contributed by atoms with Crippen LogP contribution in [0, 0.1) is 22.7 Å². The SMILES string of the molecule is Cn1cnnc1[C@@H](c1cc(C#N)cc(-n2cc3c(C(F)(F)F)cc(CN4CCC5(CC5)C4)cn3c2=O)c1)C1CCC1. The molecule has 1 spiro atoms. The molecule has 0 N–H and O–H groups in total. The van der Waals surface area contributed by atoms with Gasteiger partial charge in [0.05, 0.1) is 28.4 Å². The van der Waals surface area contributed by atoms with Gasteiger partial charge in [0.1, 0.15) is 12.2 Å². The Morgan fingerprint density at radius 1 is 1.15 bits per heavy atom. The molecule has 11 heteroatoms. The summed E-state index contributed by atoms with van der Waals surface area (Å²) in [6, 6.07) is 8.47. The Morgan fingerprint density at radius 3 is 2.56 bits per heavy atom. The molecule has 212 valence electrons. The largest absolute Gasteiger partial charge is 0.418 e. The number of nitrogens with zero attached hydrogens (tertiary/aromatic N) is 7. The number of hydrogen-bond donors (Lipinski definition) is 0. The number of halogens is 3. The van der Waals surface area contributed by atoms with E-state index >= 15 is 0 Å². The first kappa shape index (κ1) is 26.0. The molecule has 0 radical (unpaired) electrons. The summed E-state index contributed by atoms with van der Waals surface area (Å²) in [6.45, 7) is 2.11. The van der Waals surface area contributed by atoms with Crippen LogP contribution in [-0.4, -0.2) is 41.7 Å². The van der Waals surface area contributed by atoms with Crippen LogP contribution >= 0.6 is 0 Å². The Hall–Kier alpha value is -3.91. The molecule has 41 heavy (non-hydrogen) atoms. The highest BCUT2D eigenvalue weighted by Crippen LogP contribution is 2.53. The van der Waals surface area contributed by atoms with E-state index in [9.17, 15) is 23.2 Å². The molecule has 4 heterocycles. The number of likely N-dealkylation sites (tertiary alicyclic amines) is 1. The number of rotatable bonds is 6. The maximum absolute atomic E-state index is 14.3. The van der Waals surface area contributed by atoms with Crippen molar-refractivity contribution in [2.24, 2.45) is 18.4 Å². The van der Waals surface area contributed by atoms with Crippen LogP contribution in [0.5, 0.6) is 0 Å². The number of nitriles is 1. The fraction of sp³-hybridized carbons (Fsp3) is 0.467. The minimum atomic E-state index is -4.64. The maximum Gasteiger partial charge on any atom is 0.418 e. The van der Waals surface area contributed by atoms with Gasteiger partial charge in [0.15, 0.2) is 0 Å². The number of imidazole rings is 1. The number of aryl methyl sites for hydroxylation is 1. The Kier molecular flexibility index (Phi) is 5.91. The number of pyridine rings is 1. The van der Waals surface area contributed by atoms with Gasteiger partial charge in [-0.2, -0.15) is 18.4 Å². The Labute approximate surface area is 234 Å². The molecule has 1 atom stereocenters. The van der Waals surface area contributed by atoms with Gasteiger partial charge in [-0.25, -0.2) is 4.79 Å². The summed E-state index contributed by atoms with van der Waals surface area (Å²) in [7, 11) is 1.87. The molecule has 3 aromatic heterocycles. The summed E-state index contributed by atoms with van der Waals surface area (Å²) >= 11 is 0. The maximum atomic E-state index is 14.3. The van der Waals surface area contributed by atoms with Crippen LogP contribution in [0.4, 0.5) is 13.2 Å². The van der Waals surface area contributed by atoms with Crippen molar-refractivity contribution < 1.29 is 13.2 Å². The van der Waals surface area contributed by atoms with Crippen molar-refractivity contribution >= 4 is 5.52 Å². The smallest absolute Gasteiger partial charge is 0.320 e. The second kappa shape index (κ2) is 9.31. The lowest BCUT2D eigenvalue weighted by atomic mass is 9.72. The van der Waals surface area contributed by atoms with Gasteiger partial charge in [-0.3, -0.25) is 13.9 Å². The normalized spacial score (nSPS) is 19.5. The first-order valence-corrected chi connectivity index (χ1v) is 14.1. The molecule has 1 saturated heterocycles. The van der Waals surface area contributed by atoms with Gasteiger partial charge in [0, 0.05) is 38.4 Å². The molecule has 2 aliphatic carbocycles. The van der Waals surface area contributed by atoms with E-state index in [1.807, 2.05) is 11.6 Å². The van der Waals surface area contributed by atoms with Gasteiger partial charge >= 0.3 is 11.9 Å². The number of hydrogen-bond acceptors (Lipinski definition) is 5. The number of aromatic nitrogens is 5. The third kappa shape index (κ3) is 4.54. The first-order chi connectivity index (χ1) is 19.6. The third-order valence-corrected chi connectivity index (χ3v) is 9.36. The van der Waals surface area contributed by atoms with Crippen molar-refractivity contribution in [3.05, 3.63) is 81.5 Å². The summed E-state index contributed by atoms with van der Waals surface area (Å²) in [5, 5.41) is 18.2. The third-order valence-electron chi connectivity index (χ3n) is 9.36. The zero-order valence-corrected chi connectivity index (χ0v) is 22.7. The lowest BCUT2D eigenvalue weighted by Gasteiger charge is -2.33. The van der Waals surface area contributed by atoms with E-state index in [0.29, 0.717) is 34.7 Å². The molecule has 0 amide bonds. The van der Waals surface area contributed by atoms with E-state index in [1.54, 1.807) is 24.5 Å². The van der Waals surface area contributed by atoms with Crippen LogP contribution in [0.2, 0.25) is 0 Å². The van der Waals surface area contributed by atoms with E-state index in [1.165, 1.54) is 35.9 Å². The zero-order valence-electron chi connectivity index (χ0n) is 22.7. The molecule has 2 saturated carbocycles. The van der Waals surface area contributed by atoms with Gasteiger partial charge in [-0.15, -0.1) is 10.2 Å². The molecule has 1 aromatic carbocycles. The lowest BCUT2D eigenvalue weighted by Crippen LogP contribution is -2.25. The minimum Gasteiger partial charge on any atom is -0.320 e. The lowest BCUT2D eigenvalue weighted by molar-refractivity contribution is -0.136. The predicted molar refractivity (Wildman–Crippen MR) is 144 cm³/mol. The molecule has 4 aromatic rings. The number of alkyl halides is 3. The van der Waals surface area contributed by atoms with Crippen LogP contribution in [0.25, 0.3) is 11.2 Å². The Morgan fingerprint density at radius 2 is 1.95 bits per heavy atom. The van der Waals surface area contributed by atoms with E-state index in [4.69, 9.17) is 0 Å². The standard InChI is InChI=1S/C30H30F3N7O/c1-37-18-35-36-27(37)26(21-3-2-4-21)22-9-19(13-34)10-23(12-22)39-16-25-24(30(31,32)33)11-20(15-40(25)28(39)41)14-38-8-7-29(17-38)5-6-29/h9-12,15-16,18,21,26H,2-8,14,17H2,1H3/t26-/m1/s1. The highest BCUT2D eigenvalue weighted by molar-refractivity contribution is 5.58. The van der Waals surface area contributed by atoms with Crippen molar-refractivity contribution in [3.8, 4) is 11.8 Å². The molecule has 0 bridgehead atoms. The second-order valence-electron chi connectivity index (χ2n) is 12.2. The molecular formula is C30H30F3N7O. The topological polar surface area (TPSA) is 84.2 Å². The Bertz CT molecular complexity index is 1750. The van der Waals surface area contributed by atoms with Crippen molar-refractivity contribution in [3.63, 3.8) is 0 Å². The van der Waals surface area contributed by atoms with E-state index in [-0.39, 0.29) is 11.4 Å². The number of fused-ring (bicyclic) bond motifs is 1. The van der Waals surface area contributed by atoms with Crippen molar-refractivity contribution in [1.82, 2.24) is 28.6 Å². The molecule has 3 fully saturated rings. The molecule has 8 nitrogen and oxygen atoms in total. The monoisotopic (exact) mass is 561 g/mol. The second-order valence-corrected chi connectivity index (χ2v) is 12.2. The predicted octanol–water partition coefficient (Wildman–Crippen LogP) is 5.03. The fourth-order valence-electron chi connectivity index (χ4n) is 6.75. The van der Waals surface area contributed by atoms with Gasteiger partial charge < -0.3 is 4.57 Å². The summed E-state index contributed by atoms with van der Waals surface area (Å²) in [6.07, 6.45) is 6.29. The number of benzene rings is 1. The average molecular weight is 562 g/mol. The highest BCUT2D eigenvalue weighted by Gasteiger charge is 2.47.